The molecule has 2 saturated heterocycles. The topological polar surface area (TPSA) is 59.0 Å². The zero-order valence-corrected chi connectivity index (χ0v) is 14.2. The van der Waals surface area contributed by atoms with Crippen LogP contribution in [0.15, 0.2) is 40.9 Å². The van der Waals surface area contributed by atoms with E-state index in [1.165, 1.54) is 0 Å². The molecule has 1 aromatic carbocycles. The summed E-state index contributed by atoms with van der Waals surface area (Å²) in [5, 5.41) is 9.79. The van der Waals surface area contributed by atoms with Gasteiger partial charge in [0.15, 0.2) is 0 Å². The smallest absolute Gasteiger partial charge is 0.353 e. The fourth-order valence-corrected chi connectivity index (χ4v) is 5.01. The summed E-state index contributed by atoms with van der Waals surface area (Å²) in [5.41, 5.74) is 0.528. The van der Waals surface area contributed by atoms with Gasteiger partial charge in [0.05, 0.1) is 12.7 Å². The van der Waals surface area contributed by atoms with Gasteiger partial charge in [-0.2, -0.15) is 0 Å². The molecule has 1 aromatic rings. The van der Waals surface area contributed by atoms with Crippen LogP contribution in [0.5, 0.6) is 5.75 Å². The van der Waals surface area contributed by atoms with E-state index in [0.717, 1.165) is 36.5 Å². The third kappa shape index (κ3) is 3.13. The van der Waals surface area contributed by atoms with Crippen molar-refractivity contribution in [1.82, 2.24) is 4.90 Å². The van der Waals surface area contributed by atoms with E-state index in [2.05, 4.69) is 0 Å². The van der Waals surface area contributed by atoms with Gasteiger partial charge < -0.3 is 19.5 Å². The summed E-state index contributed by atoms with van der Waals surface area (Å²) < 4.78 is 11.6. The van der Waals surface area contributed by atoms with Crippen LogP contribution in [0, 0.1) is 0 Å². The molecule has 0 aromatic heterocycles. The molecule has 5 nitrogen and oxygen atoms in total. The van der Waals surface area contributed by atoms with Crippen molar-refractivity contribution in [2.45, 2.75) is 36.7 Å². The van der Waals surface area contributed by atoms with E-state index in [1.807, 2.05) is 35.2 Å². The van der Waals surface area contributed by atoms with Gasteiger partial charge >= 0.3 is 5.97 Å². The number of carboxylic acid groups (broad SMARTS) is 1. The summed E-state index contributed by atoms with van der Waals surface area (Å²) >= 11 is 1.70. The lowest BCUT2D eigenvalue weighted by atomic mass is 10.0. The van der Waals surface area contributed by atoms with Gasteiger partial charge in [0.1, 0.15) is 18.1 Å². The van der Waals surface area contributed by atoms with Gasteiger partial charge in [-0.05, 0) is 25.0 Å². The minimum atomic E-state index is -0.789. The number of thioether (sulfide) groups is 1. The Hall–Kier alpha value is -1.66. The summed E-state index contributed by atoms with van der Waals surface area (Å²) in [5.74, 6) is 0.0656. The number of nitrogens with zero attached hydrogens (tertiary/aromatic N) is 1. The number of hydrogen-bond acceptors (Lipinski definition) is 5. The largest absolute Gasteiger partial charge is 0.491 e. The molecule has 4 rings (SSSR count). The van der Waals surface area contributed by atoms with Gasteiger partial charge in [-0.15, -0.1) is 11.8 Å². The molecule has 3 unspecified atom stereocenters. The predicted molar refractivity (Wildman–Crippen MR) is 92.1 cm³/mol. The van der Waals surface area contributed by atoms with Crippen LogP contribution in [0.4, 0.5) is 0 Å². The van der Waals surface area contributed by atoms with Crippen molar-refractivity contribution in [2.24, 2.45) is 0 Å². The first-order valence-corrected chi connectivity index (χ1v) is 9.28. The molecule has 3 aliphatic rings. The second kappa shape index (κ2) is 6.69. The maximum Gasteiger partial charge on any atom is 0.353 e. The van der Waals surface area contributed by atoms with E-state index in [-0.39, 0.29) is 6.10 Å². The predicted octanol–water partition coefficient (Wildman–Crippen LogP) is 2.73. The number of carboxylic acids is 1. The van der Waals surface area contributed by atoms with Gasteiger partial charge in [0.2, 0.25) is 0 Å². The van der Waals surface area contributed by atoms with Gasteiger partial charge in [-0.3, -0.25) is 0 Å². The maximum absolute atomic E-state index is 11.5. The molecule has 0 aliphatic carbocycles. The van der Waals surface area contributed by atoms with E-state index in [9.17, 15) is 9.90 Å². The normalized spacial score (nSPS) is 28.7. The average Bonchev–Trinajstić information content (AvgIpc) is 3.10. The maximum atomic E-state index is 11.5. The van der Waals surface area contributed by atoms with Crippen molar-refractivity contribution in [3.8, 4) is 5.75 Å². The molecule has 2 fully saturated rings. The Kier molecular flexibility index (Phi) is 4.41. The van der Waals surface area contributed by atoms with Crippen molar-refractivity contribution in [3.63, 3.8) is 0 Å². The van der Waals surface area contributed by atoms with Crippen molar-refractivity contribution >= 4 is 17.7 Å². The number of rotatable bonds is 6. The first-order chi connectivity index (χ1) is 11.7. The molecule has 128 valence electrons. The van der Waals surface area contributed by atoms with Crippen LogP contribution in [-0.2, 0) is 9.53 Å². The second-order valence-electron chi connectivity index (χ2n) is 6.47. The summed E-state index contributed by atoms with van der Waals surface area (Å²) in [6.07, 6.45) is 2.97. The zero-order chi connectivity index (χ0) is 16.5. The third-order valence-corrected chi connectivity index (χ3v) is 6.16. The fourth-order valence-electron chi connectivity index (χ4n) is 3.54. The Balaban J connectivity index is 1.31. The minimum Gasteiger partial charge on any atom is -0.491 e. The number of hydrogen-bond donors (Lipinski definition) is 1. The standard InChI is InChI=1S/C18H21NO4S/c20-18(21)17-16(8-12-6-7-19(12)17)24-15-9-14(23-11-15)10-22-13-4-2-1-3-5-13/h1-5,12,14-15H,6-11H2,(H,20,21). The molecule has 3 aliphatic heterocycles. The minimum absolute atomic E-state index is 0.0787. The second-order valence-corrected chi connectivity index (χ2v) is 7.87. The molecular formula is C18H21NO4S. The van der Waals surface area contributed by atoms with Crippen LogP contribution in [0.1, 0.15) is 19.3 Å². The Bertz CT molecular complexity index is 648. The molecule has 0 spiro atoms. The molecule has 24 heavy (non-hydrogen) atoms. The Morgan fingerprint density at radius 2 is 2.21 bits per heavy atom. The number of aliphatic carboxylic acids is 1. The Morgan fingerprint density at radius 3 is 2.92 bits per heavy atom. The fraction of sp³-hybridized carbons (Fsp3) is 0.500. The number of para-hydroxylation sites is 1. The van der Waals surface area contributed by atoms with Crippen LogP contribution >= 0.6 is 11.8 Å². The lowest BCUT2D eigenvalue weighted by Gasteiger charge is -2.37. The van der Waals surface area contributed by atoms with E-state index < -0.39 is 5.97 Å². The van der Waals surface area contributed by atoms with Crippen LogP contribution < -0.4 is 4.74 Å². The monoisotopic (exact) mass is 347 g/mol. The number of ether oxygens (including phenoxy) is 2. The average molecular weight is 347 g/mol. The van der Waals surface area contributed by atoms with Crippen LogP contribution in [0.25, 0.3) is 0 Å². The van der Waals surface area contributed by atoms with Crippen molar-refractivity contribution in [1.29, 1.82) is 0 Å². The summed E-state index contributed by atoms with van der Waals surface area (Å²) in [6.45, 7) is 2.08. The molecule has 0 amide bonds. The first-order valence-electron chi connectivity index (χ1n) is 8.40. The van der Waals surface area contributed by atoms with Crippen LogP contribution in [-0.4, -0.2) is 53.1 Å². The van der Waals surface area contributed by atoms with Gasteiger partial charge in [0, 0.05) is 29.2 Å². The number of benzene rings is 1. The molecule has 6 heteroatoms. The molecule has 0 bridgehead atoms. The van der Waals surface area contributed by atoms with Gasteiger partial charge in [-0.25, -0.2) is 4.79 Å². The zero-order valence-electron chi connectivity index (χ0n) is 13.4. The van der Waals surface area contributed by atoms with Crippen LogP contribution in [0.3, 0.4) is 0 Å². The quantitative estimate of drug-likeness (QED) is 0.854. The van der Waals surface area contributed by atoms with E-state index in [0.29, 0.717) is 30.2 Å². The molecule has 1 N–H and O–H groups in total. The lowest BCUT2D eigenvalue weighted by Crippen LogP contribution is -2.44. The Labute approximate surface area is 145 Å². The van der Waals surface area contributed by atoms with E-state index in [1.54, 1.807) is 11.8 Å². The van der Waals surface area contributed by atoms with Crippen molar-refractivity contribution in [3.05, 3.63) is 40.9 Å². The van der Waals surface area contributed by atoms with Crippen molar-refractivity contribution in [2.75, 3.05) is 19.8 Å². The molecule has 0 radical (unpaired) electrons. The summed E-state index contributed by atoms with van der Waals surface area (Å²) in [4.78, 5) is 14.6. The highest BCUT2D eigenvalue weighted by Gasteiger charge is 2.42. The summed E-state index contributed by atoms with van der Waals surface area (Å²) in [6, 6.07) is 10.2. The first kappa shape index (κ1) is 15.8. The third-order valence-electron chi connectivity index (χ3n) is 4.85. The highest BCUT2D eigenvalue weighted by atomic mass is 32.2. The highest BCUT2D eigenvalue weighted by molar-refractivity contribution is 8.03. The van der Waals surface area contributed by atoms with E-state index >= 15 is 0 Å². The lowest BCUT2D eigenvalue weighted by molar-refractivity contribution is -0.135. The van der Waals surface area contributed by atoms with Gasteiger partial charge in [0.25, 0.3) is 0 Å². The highest BCUT2D eigenvalue weighted by Crippen LogP contribution is 2.45. The molecule has 3 atom stereocenters. The SMILES string of the molecule is O=C(O)C1=C(SC2COC(COc3ccccc3)C2)CC2CCN12. The van der Waals surface area contributed by atoms with Crippen LogP contribution in [0.2, 0.25) is 0 Å². The molecule has 3 heterocycles. The van der Waals surface area contributed by atoms with E-state index in [4.69, 9.17) is 9.47 Å². The van der Waals surface area contributed by atoms with Gasteiger partial charge in [-0.1, -0.05) is 18.2 Å². The number of carbonyl (C=O) groups is 1. The molecular weight excluding hydrogens is 326 g/mol. The molecule has 0 saturated carbocycles. The Morgan fingerprint density at radius 1 is 1.38 bits per heavy atom. The van der Waals surface area contributed by atoms with Crippen molar-refractivity contribution < 1.29 is 19.4 Å². The number of fused-ring (bicyclic) bond motifs is 1. The summed E-state index contributed by atoms with van der Waals surface area (Å²) in [7, 11) is 0.